The summed E-state index contributed by atoms with van der Waals surface area (Å²) < 4.78 is 4.90. The van der Waals surface area contributed by atoms with Crippen LogP contribution in [0.3, 0.4) is 0 Å². The first kappa shape index (κ1) is 16.3. The number of carbonyl (C=O) groups excluding carboxylic acids is 1. The van der Waals surface area contributed by atoms with Crippen molar-refractivity contribution < 1.29 is 14.5 Å². The number of nitro groups is 1. The molecule has 0 saturated carbocycles. The Kier molecular flexibility index (Phi) is 6.36. The molecule has 0 aromatic heterocycles. The Morgan fingerprint density at radius 1 is 1.55 bits per heavy atom. The SMILES string of the molecule is COc1cc(Cl)c(C#CCCSC(C)=O)cc1[N+](=O)[O-]. The Morgan fingerprint density at radius 3 is 2.80 bits per heavy atom. The van der Waals surface area contributed by atoms with Crippen LogP contribution >= 0.6 is 23.4 Å². The van der Waals surface area contributed by atoms with Crippen molar-refractivity contribution in [2.45, 2.75) is 13.3 Å². The van der Waals surface area contributed by atoms with Crippen LogP contribution in [0.5, 0.6) is 5.75 Å². The minimum atomic E-state index is -0.550. The fraction of sp³-hybridized carbons (Fsp3) is 0.308. The molecule has 5 nitrogen and oxygen atoms in total. The zero-order valence-electron chi connectivity index (χ0n) is 10.9. The van der Waals surface area contributed by atoms with Gasteiger partial charge in [0, 0.05) is 31.2 Å². The molecule has 0 aliphatic heterocycles. The van der Waals surface area contributed by atoms with E-state index in [2.05, 4.69) is 11.8 Å². The van der Waals surface area contributed by atoms with E-state index in [1.807, 2.05) is 0 Å². The molecule has 1 aromatic carbocycles. The second-order valence-electron chi connectivity index (χ2n) is 3.65. The van der Waals surface area contributed by atoms with Gasteiger partial charge < -0.3 is 4.74 Å². The maximum absolute atomic E-state index is 10.9. The molecule has 0 radical (unpaired) electrons. The molecule has 0 unspecified atom stereocenters. The molecule has 0 atom stereocenters. The maximum Gasteiger partial charge on any atom is 0.312 e. The predicted octanol–water partition coefficient (Wildman–Crippen LogP) is 3.28. The number of nitro benzene ring substituents is 1. The summed E-state index contributed by atoms with van der Waals surface area (Å²) in [6, 6.07) is 2.65. The topological polar surface area (TPSA) is 69.4 Å². The number of ether oxygens (including phenoxy) is 1. The third-order valence-corrected chi connectivity index (χ3v) is 3.35. The number of rotatable bonds is 4. The van der Waals surface area contributed by atoms with Crippen molar-refractivity contribution in [2.75, 3.05) is 12.9 Å². The molecule has 0 saturated heterocycles. The number of benzene rings is 1. The summed E-state index contributed by atoms with van der Waals surface area (Å²) in [5, 5.41) is 11.2. The third kappa shape index (κ3) is 4.76. The fourth-order valence-corrected chi connectivity index (χ4v) is 2.04. The molecule has 0 bridgehead atoms. The van der Waals surface area contributed by atoms with E-state index in [9.17, 15) is 14.9 Å². The van der Waals surface area contributed by atoms with E-state index in [0.717, 1.165) is 0 Å². The molecule has 1 rings (SSSR count). The first-order valence-corrected chi connectivity index (χ1v) is 6.96. The summed E-state index contributed by atoms with van der Waals surface area (Å²) in [5.74, 6) is 6.27. The summed E-state index contributed by atoms with van der Waals surface area (Å²) in [7, 11) is 1.34. The number of carbonyl (C=O) groups is 1. The van der Waals surface area contributed by atoms with Gasteiger partial charge in [0.2, 0.25) is 0 Å². The lowest BCUT2D eigenvalue weighted by Crippen LogP contribution is -1.95. The summed E-state index contributed by atoms with van der Waals surface area (Å²) in [4.78, 5) is 21.1. The van der Waals surface area contributed by atoms with E-state index < -0.39 is 4.92 Å². The number of halogens is 1. The molecule has 1 aromatic rings. The molecule has 0 N–H and O–H groups in total. The molecule has 0 amide bonds. The lowest BCUT2D eigenvalue weighted by Gasteiger charge is -2.03. The molecule has 7 heteroatoms. The van der Waals surface area contributed by atoms with Gasteiger partial charge in [-0.05, 0) is 0 Å². The highest BCUT2D eigenvalue weighted by atomic mass is 35.5. The highest BCUT2D eigenvalue weighted by Crippen LogP contribution is 2.32. The van der Waals surface area contributed by atoms with Gasteiger partial charge in [0.05, 0.1) is 22.6 Å². The predicted molar refractivity (Wildman–Crippen MR) is 79.3 cm³/mol. The van der Waals surface area contributed by atoms with E-state index in [1.165, 1.54) is 37.9 Å². The van der Waals surface area contributed by atoms with Crippen molar-refractivity contribution in [3.05, 3.63) is 32.8 Å². The van der Waals surface area contributed by atoms with Crippen LogP contribution < -0.4 is 4.74 Å². The molecule has 0 heterocycles. The van der Waals surface area contributed by atoms with Gasteiger partial charge in [-0.15, -0.1) is 0 Å². The summed E-state index contributed by atoms with van der Waals surface area (Å²) in [6.07, 6.45) is 0.500. The quantitative estimate of drug-likeness (QED) is 0.369. The Balaban J connectivity index is 2.90. The molecule has 0 spiro atoms. The average Bonchev–Trinajstić information content (AvgIpc) is 2.38. The van der Waals surface area contributed by atoms with Crippen LogP contribution in [0, 0.1) is 22.0 Å². The van der Waals surface area contributed by atoms with Crippen LogP contribution in [0.1, 0.15) is 18.9 Å². The standard InChI is InChI=1S/C13H12ClNO4S/c1-9(16)20-6-4-3-5-10-7-12(15(17)18)13(19-2)8-11(10)14/h7-8H,4,6H2,1-2H3. The van der Waals surface area contributed by atoms with Gasteiger partial charge >= 0.3 is 5.69 Å². The number of nitrogens with zero attached hydrogens (tertiary/aromatic N) is 1. The minimum Gasteiger partial charge on any atom is -0.490 e. The van der Waals surface area contributed by atoms with Crippen molar-refractivity contribution in [3.63, 3.8) is 0 Å². The van der Waals surface area contributed by atoms with E-state index in [1.54, 1.807) is 0 Å². The van der Waals surface area contributed by atoms with Crippen molar-refractivity contribution >= 4 is 34.2 Å². The molecule has 0 aliphatic rings. The highest BCUT2D eigenvalue weighted by molar-refractivity contribution is 8.13. The van der Waals surface area contributed by atoms with Crippen LogP contribution in [0.25, 0.3) is 0 Å². The van der Waals surface area contributed by atoms with Crippen LogP contribution in [0.15, 0.2) is 12.1 Å². The fourth-order valence-electron chi connectivity index (χ4n) is 1.35. The maximum atomic E-state index is 10.9. The Labute approximate surface area is 125 Å². The Hall–Kier alpha value is -1.71. The van der Waals surface area contributed by atoms with Gasteiger partial charge in [0.25, 0.3) is 0 Å². The molecule has 0 fully saturated rings. The first-order valence-electron chi connectivity index (χ1n) is 5.60. The largest absolute Gasteiger partial charge is 0.490 e. The number of hydrogen-bond acceptors (Lipinski definition) is 5. The normalized spacial score (nSPS) is 9.55. The Bertz CT molecular complexity index is 592. The van der Waals surface area contributed by atoms with Gasteiger partial charge in [-0.2, -0.15) is 0 Å². The van der Waals surface area contributed by atoms with Gasteiger partial charge in [-0.3, -0.25) is 14.9 Å². The lowest BCUT2D eigenvalue weighted by atomic mass is 10.2. The molecule has 20 heavy (non-hydrogen) atoms. The van der Waals surface area contributed by atoms with E-state index in [4.69, 9.17) is 16.3 Å². The molecular weight excluding hydrogens is 302 g/mol. The van der Waals surface area contributed by atoms with E-state index >= 15 is 0 Å². The van der Waals surface area contributed by atoms with Crippen LogP contribution in [-0.4, -0.2) is 22.9 Å². The van der Waals surface area contributed by atoms with E-state index in [0.29, 0.717) is 22.8 Å². The van der Waals surface area contributed by atoms with Crippen molar-refractivity contribution in [3.8, 4) is 17.6 Å². The molecule has 106 valence electrons. The van der Waals surface area contributed by atoms with Crippen molar-refractivity contribution in [2.24, 2.45) is 0 Å². The van der Waals surface area contributed by atoms with Gasteiger partial charge in [-0.1, -0.05) is 35.2 Å². The van der Waals surface area contributed by atoms with Crippen molar-refractivity contribution in [1.82, 2.24) is 0 Å². The first-order chi connectivity index (χ1) is 9.45. The van der Waals surface area contributed by atoms with Gasteiger partial charge in [0.15, 0.2) is 10.9 Å². The summed E-state index contributed by atoms with van der Waals surface area (Å²) >= 11 is 7.17. The second-order valence-corrected chi connectivity index (χ2v) is 5.33. The summed E-state index contributed by atoms with van der Waals surface area (Å²) in [5.41, 5.74) is 0.186. The van der Waals surface area contributed by atoms with Gasteiger partial charge in [0.1, 0.15) is 0 Å². The second kappa shape index (κ2) is 7.78. The third-order valence-electron chi connectivity index (χ3n) is 2.22. The Morgan fingerprint density at radius 2 is 2.25 bits per heavy atom. The molecule has 0 aliphatic carbocycles. The number of methoxy groups -OCH3 is 1. The van der Waals surface area contributed by atoms with E-state index in [-0.39, 0.29) is 16.6 Å². The smallest absolute Gasteiger partial charge is 0.312 e. The zero-order chi connectivity index (χ0) is 15.1. The van der Waals surface area contributed by atoms with Gasteiger partial charge in [-0.25, -0.2) is 0 Å². The van der Waals surface area contributed by atoms with Crippen molar-refractivity contribution in [1.29, 1.82) is 0 Å². The average molecular weight is 314 g/mol. The van der Waals surface area contributed by atoms with Crippen LogP contribution in [-0.2, 0) is 4.79 Å². The van der Waals surface area contributed by atoms with Crippen LogP contribution in [0.2, 0.25) is 5.02 Å². The lowest BCUT2D eigenvalue weighted by molar-refractivity contribution is -0.385. The number of hydrogen-bond donors (Lipinski definition) is 0. The van der Waals surface area contributed by atoms with Crippen LogP contribution in [0.4, 0.5) is 5.69 Å². The highest BCUT2D eigenvalue weighted by Gasteiger charge is 2.17. The summed E-state index contributed by atoms with van der Waals surface area (Å²) in [6.45, 7) is 1.49. The number of thioether (sulfide) groups is 1. The monoisotopic (exact) mass is 313 g/mol. The minimum absolute atomic E-state index is 0.0323. The zero-order valence-corrected chi connectivity index (χ0v) is 12.5. The molecular formula is C13H12ClNO4S.